The Hall–Kier alpha value is -3.02. The molecule has 25 heavy (non-hydrogen) atoms. The van der Waals surface area contributed by atoms with Crippen LogP contribution in [0.25, 0.3) is 0 Å². The molecule has 2 aromatic carbocycles. The Morgan fingerprint density at radius 2 is 1.76 bits per heavy atom. The summed E-state index contributed by atoms with van der Waals surface area (Å²) in [7, 11) is 3.09. The summed E-state index contributed by atoms with van der Waals surface area (Å²) in [6, 6.07) is 11.6. The van der Waals surface area contributed by atoms with Gasteiger partial charge < -0.3 is 24.3 Å². The van der Waals surface area contributed by atoms with Gasteiger partial charge in [-0.25, -0.2) is 0 Å². The molecule has 0 heterocycles. The van der Waals surface area contributed by atoms with Crippen molar-refractivity contribution < 1.29 is 24.2 Å². The predicted molar refractivity (Wildman–Crippen MR) is 94.4 cm³/mol. The number of phenolic OH excluding ortho intramolecular Hbond substituents is 1. The van der Waals surface area contributed by atoms with E-state index in [-0.39, 0.29) is 31.0 Å². The van der Waals surface area contributed by atoms with Crippen molar-refractivity contribution in [3.63, 3.8) is 0 Å². The van der Waals surface area contributed by atoms with E-state index in [1.54, 1.807) is 37.4 Å². The van der Waals surface area contributed by atoms with Crippen LogP contribution in [0.1, 0.15) is 12.0 Å². The van der Waals surface area contributed by atoms with Gasteiger partial charge in [-0.15, -0.1) is 0 Å². The number of aromatic hydroxyl groups is 1. The summed E-state index contributed by atoms with van der Waals surface area (Å²) in [5, 5.41) is 9.41. The second-order valence-corrected chi connectivity index (χ2v) is 5.38. The van der Waals surface area contributed by atoms with Gasteiger partial charge in [-0.1, -0.05) is 6.07 Å². The van der Waals surface area contributed by atoms with Crippen molar-refractivity contribution in [1.82, 2.24) is 0 Å². The van der Waals surface area contributed by atoms with Gasteiger partial charge in [-0.2, -0.15) is 0 Å². The molecule has 132 valence electrons. The fourth-order valence-corrected chi connectivity index (χ4v) is 2.47. The molecular weight excluding hydrogens is 322 g/mol. The number of carbonyl (C=O) groups is 2. The number of anilines is 1. The Morgan fingerprint density at radius 1 is 1.08 bits per heavy atom. The molecule has 0 saturated heterocycles. The summed E-state index contributed by atoms with van der Waals surface area (Å²) in [4.78, 5) is 25.0. The molecule has 0 aromatic heterocycles. The molecule has 0 atom stereocenters. The third kappa shape index (κ3) is 4.73. The first-order valence-corrected chi connectivity index (χ1v) is 7.83. The molecule has 0 spiro atoms. The maximum Gasteiger partial charge on any atom is 0.231 e. The van der Waals surface area contributed by atoms with Crippen molar-refractivity contribution in [2.45, 2.75) is 12.8 Å². The lowest BCUT2D eigenvalue weighted by Crippen LogP contribution is -2.33. The molecule has 0 aliphatic rings. The Bertz CT molecular complexity index is 727. The number of rotatable bonds is 8. The summed E-state index contributed by atoms with van der Waals surface area (Å²) in [5.41, 5.74) is 1.41. The van der Waals surface area contributed by atoms with E-state index in [4.69, 9.17) is 9.47 Å². The van der Waals surface area contributed by atoms with Gasteiger partial charge in [0.2, 0.25) is 5.91 Å². The van der Waals surface area contributed by atoms with Crippen molar-refractivity contribution in [3.8, 4) is 17.2 Å². The number of nitrogens with zero attached hydrogens (tertiary/aromatic N) is 1. The summed E-state index contributed by atoms with van der Waals surface area (Å²) in [6.07, 6.45) is 1.16. The zero-order chi connectivity index (χ0) is 18.2. The van der Waals surface area contributed by atoms with Gasteiger partial charge in [0.25, 0.3) is 0 Å². The van der Waals surface area contributed by atoms with E-state index in [9.17, 15) is 14.7 Å². The van der Waals surface area contributed by atoms with E-state index in [0.717, 1.165) is 11.8 Å². The van der Waals surface area contributed by atoms with Gasteiger partial charge in [-0.05, 0) is 42.0 Å². The number of amides is 1. The second-order valence-electron chi connectivity index (χ2n) is 5.38. The van der Waals surface area contributed by atoms with E-state index in [1.165, 1.54) is 24.1 Å². The van der Waals surface area contributed by atoms with Crippen molar-refractivity contribution in [3.05, 3.63) is 48.0 Å². The minimum absolute atomic E-state index is 0.117. The summed E-state index contributed by atoms with van der Waals surface area (Å²) in [5.74, 6) is 1.11. The average Bonchev–Trinajstić information content (AvgIpc) is 2.63. The first kappa shape index (κ1) is 18.3. The monoisotopic (exact) mass is 343 g/mol. The first-order valence-electron chi connectivity index (χ1n) is 7.83. The van der Waals surface area contributed by atoms with E-state index < -0.39 is 0 Å². The lowest BCUT2D eigenvalue weighted by Gasteiger charge is -2.22. The van der Waals surface area contributed by atoms with Gasteiger partial charge >= 0.3 is 0 Å². The van der Waals surface area contributed by atoms with Crippen LogP contribution in [-0.2, 0) is 16.0 Å². The molecular formula is C19H21NO5. The van der Waals surface area contributed by atoms with Crippen LogP contribution in [0, 0.1) is 0 Å². The molecule has 0 bridgehead atoms. The summed E-state index contributed by atoms with van der Waals surface area (Å²) >= 11 is 0. The van der Waals surface area contributed by atoms with Gasteiger partial charge in [0.1, 0.15) is 12.0 Å². The second kappa shape index (κ2) is 8.73. The van der Waals surface area contributed by atoms with Gasteiger partial charge in [0, 0.05) is 18.7 Å². The summed E-state index contributed by atoms with van der Waals surface area (Å²) in [6.45, 7) is 0.278. The highest BCUT2D eigenvalue weighted by Crippen LogP contribution is 2.28. The van der Waals surface area contributed by atoms with Crippen LogP contribution in [-0.4, -0.2) is 38.1 Å². The van der Waals surface area contributed by atoms with Crippen LogP contribution in [0.5, 0.6) is 17.2 Å². The van der Waals surface area contributed by atoms with Crippen LogP contribution in [0.2, 0.25) is 0 Å². The SMILES string of the molecule is COc1ccc(CC(=O)N(CCC=O)c2ccc(O)cc2)cc1OC. The van der Waals surface area contributed by atoms with Crippen LogP contribution < -0.4 is 14.4 Å². The highest BCUT2D eigenvalue weighted by atomic mass is 16.5. The maximum atomic E-state index is 12.7. The number of benzene rings is 2. The summed E-state index contributed by atoms with van der Waals surface area (Å²) < 4.78 is 10.5. The van der Waals surface area contributed by atoms with Gasteiger partial charge in [-0.3, -0.25) is 4.79 Å². The molecule has 0 unspecified atom stereocenters. The minimum atomic E-state index is -0.153. The van der Waals surface area contributed by atoms with Crippen LogP contribution in [0.3, 0.4) is 0 Å². The Labute approximate surface area is 146 Å². The third-order valence-corrected chi connectivity index (χ3v) is 3.74. The molecule has 6 nitrogen and oxygen atoms in total. The van der Waals surface area contributed by atoms with Crippen molar-refractivity contribution >= 4 is 17.9 Å². The number of carbonyl (C=O) groups excluding carboxylic acids is 2. The molecule has 6 heteroatoms. The number of ether oxygens (including phenoxy) is 2. The van der Waals surface area contributed by atoms with Crippen LogP contribution in [0.15, 0.2) is 42.5 Å². The average molecular weight is 343 g/mol. The fraction of sp³-hybridized carbons (Fsp3) is 0.263. The highest BCUT2D eigenvalue weighted by Gasteiger charge is 2.17. The molecule has 0 aliphatic carbocycles. The largest absolute Gasteiger partial charge is 0.508 e. The molecule has 1 amide bonds. The standard InChI is InChI=1S/C19H21NO5/c1-24-17-9-4-14(12-18(17)25-2)13-19(23)20(10-3-11-21)15-5-7-16(22)8-6-15/h4-9,11-12,22H,3,10,13H2,1-2H3. The van der Waals surface area contributed by atoms with E-state index in [1.807, 2.05) is 0 Å². The fourth-order valence-electron chi connectivity index (χ4n) is 2.47. The topological polar surface area (TPSA) is 76.1 Å². The smallest absolute Gasteiger partial charge is 0.231 e. The number of phenols is 1. The third-order valence-electron chi connectivity index (χ3n) is 3.74. The first-order chi connectivity index (χ1) is 12.1. The van der Waals surface area contributed by atoms with Crippen LogP contribution >= 0.6 is 0 Å². The van der Waals surface area contributed by atoms with Crippen molar-refractivity contribution in [2.24, 2.45) is 0 Å². The highest BCUT2D eigenvalue weighted by molar-refractivity contribution is 5.95. The molecule has 0 radical (unpaired) electrons. The van der Waals surface area contributed by atoms with E-state index in [2.05, 4.69) is 0 Å². The minimum Gasteiger partial charge on any atom is -0.508 e. The number of aldehydes is 1. The predicted octanol–water partition coefficient (Wildman–Crippen LogP) is 2.57. The number of hydrogen-bond donors (Lipinski definition) is 1. The Balaban J connectivity index is 2.21. The Morgan fingerprint density at radius 3 is 2.36 bits per heavy atom. The number of methoxy groups -OCH3 is 2. The molecule has 2 aromatic rings. The van der Waals surface area contributed by atoms with Crippen molar-refractivity contribution in [1.29, 1.82) is 0 Å². The molecule has 1 N–H and O–H groups in total. The number of hydrogen-bond acceptors (Lipinski definition) is 5. The normalized spacial score (nSPS) is 10.2. The lowest BCUT2D eigenvalue weighted by atomic mass is 10.1. The molecule has 0 fully saturated rings. The van der Waals surface area contributed by atoms with E-state index >= 15 is 0 Å². The van der Waals surface area contributed by atoms with Gasteiger partial charge in [0.05, 0.1) is 20.6 Å². The van der Waals surface area contributed by atoms with Crippen molar-refractivity contribution in [2.75, 3.05) is 25.7 Å². The molecule has 0 aliphatic heterocycles. The van der Waals surface area contributed by atoms with Gasteiger partial charge in [0.15, 0.2) is 11.5 Å². The zero-order valence-corrected chi connectivity index (χ0v) is 14.3. The maximum absolute atomic E-state index is 12.7. The lowest BCUT2D eigenvalue weighted by molar-refractivity contribution is -0.118. The van der Waals surface area contributed by atoms with Crippen LogP contribution in [0.4, 0.5) is 5.69 Å². The van der Waals surface area contributed by atoms with E-state index in [0.29, 0.717) is 17.2 Å². The molecule has 2 rings (SSSR count). The zero-order valence-electron chi connectivity index (χ0n) is 14.3. The molecule has 0 saturated carbocycles. The quantitative estimate of drug-likeness (QED) is 0.746. The Kier molecular flexibility index (Phi) is 6.39.